The molecule has 0 radical (unpaired) electrons. The van der Waals surface area contributed by atoms with Gasteiger partial charge in [-0.15, -0.1) is 0 Å². The highest BCUT2D eigenvalue weighted by molar-refractivity contribution is 5.75. The Morgan fingerprint density at radius 2 is 1.07 bits per heavy atom. The lowest BCUT2D eigenvalue weighted by Crippen LogP contribution is -2.38. The lowest BCUT2D eigenvalue weighted by molar-refractivity contribution is -0.163. The highest BCUT2D eigenvalue weighted by atomic mass is 16.6. The van der Waals surface area contributed by atoms with E-state index in [-0.39, 0.29) is 25.3 Å². The zero-order valence-corrected chi connectivity index (χ0v) is 37.4. The topological polar surface area (TPSA) is 133 Å². The molecule has 0 bridgehead atoms. The van der Waals surface area contributed by atoms with E-state index in [2.05, 4.69) is 5.32 Å². The molecule has 0 saturated carbocycles. The first-order valence-corrected chi connectivity index (χ1v) is 20.8. The van der Waals surface area contributed by atoms with Crippen LogP contribution < -0.4 is 10.1 Å². The Bertz CT molecular complexity index is 1780. The predicted molar refractivity (Wildman–Crippen MR) is 228 cm³/mol. The van der Waals surface area contributed by atoms with Crippen LogP contribution in [-0.2, 0) is 47.8 Å². The van der Waals surface area contributed by atoms with Gasteiger partial charge in [0, 0.05) is 44.8 Å². The molecule has 0 aromatic heterocycles. The molecule has 2 aliphatic heterocycles. The van der Waals surface area contributed by atoms with Crippen LogP contribution in [0.4, 0.5) is 9.59 Å². The number of benzene rings is 2. The SMILES string of the molecule is [2H]C([2H])(c1cccc(CNCCOc2cccc(C([2H])([2H])[C@H](C(=O)OC(C)(C)C)[C@H]3CCN(C(=O)OC(C)(C)C)C3)c2)c1)[C@H](C(=O)OC(C)(C)C)[C@H]1CCN(C(=O)OC(C)(C)C)C1. The van der Waals surface area contributed by atoms with E-state index >= 15 is 0 Å². The van der Waals surface area contributed by atoms with Crippen molar-refractivity contribution in [3.8, 4) is 5.75 Å². The smallest absolute Gasteiger partial charge is 0.410 e. The van der Waals surface area contributed by atoms with Gasteiger partial charge in [0.1, 0.15) is 34.8 Å². The number of likely N-dealkylation sites (tertiary alicyclic amines) is 2. The highest BCUT2D eigenvalue weighted by Gasteiger charge is 2.40. The first-order chi connectivity index (χ1) is 28.9. The van der Waals surface area contributed by atoms with Crippen molar-refractivity contribution in [2.75, 3.05) is 39.3 Å². The van der Waals surface area contributed by atoms with E-state index in [4.69, 9.17) is 23.7 Å². The van der Waals surface area contributed by atoms with Crippen LogP contribution in [0.15, 0.2) is 48.5 Å². The number of nitrogens with zero attached hydrogens (tertiary/aromatic N) is 2. The van der Waals surface area contributed by atoms with E-state index < -0.39 is 82.9 Å². The molecule has 12 heteroatoms. The molecule has 328 valence electrons. The summed E-state index contributed by atoms with van der Waals surface area (Å²) in [5.74, 6) is -4.37. The summed E-state index contributed by atoms with van der Waals surface area (Å²) < 4.78 is 66.0. The second-order valence-corrected chi connectivity index (χ2v) is 19.5. The monoisotopic (exact) mass is 826 g/mol. The van der Waals surface area contributed by atoms with Gasteiger partial charge in [-0.25, -0.2) is 9.59 Å². The van der Waals surface area contributed by atoms with Crippen molar-refractivity contribution in [3.63, 3.8) is 0 Å². The van der Waals surface area contributed by atoms with E-state index in [1.165, 1.54) is 9.80 Å². The van der Waals surface area contributed by atoms with Crippen LogP contribution in [0.5, 0.6) is 5.75 Å². The number of ether oxygens (including phenoxy) is 5. The van der Waals surface area contributed by atoms with E-state index in [9.17, 15) is 24.7 Å². The van der Waals surface area contributed by atoms with E-state index in [1.54, 1.807) is 126 Å². The average Bonchev–Trinajstić information content (AvgIpc) is 3.80. The fourth-order valence-electron chi connectivity index (χ4n) is 6.85. The van der Waals surface area contributed by atoms with Gasteiger partial charge in [0.05, 0.1) is 11.8 Å². The van der Waals surface area contributed by atoms with Gasteiger partial charge >= 0.3 is 24.1 Å². The fourth-order valence-corrected chi connectivity index (χ4v) is 6.85. The maximum atomic E-state index is 13.8. The summed E-state index contributed by atoms with van der Waals surface area (Å²) in [4.78, 5) is 56.3. The predicted octanol–water partition coefficient (Wildman–Crippen LogP) is 8.37. The van der Waals surface area contributed by atoms with Crippen molar-refractivity contribution in [1.82, 2.24) is 15.1 Å². The molecule has 0 aliphatic carbocycles. The number of carbonyl (C=O) groups is 4. The molecule has 2 saturated heterocycles. The zero-order chi connectivity index (χ0) is 47.3. The number of hydrogen-bond donors (Lipinski definition) is 1. The van der Waals surface area contributed by atoms with Crippen LogP contribution in [-0.4, -0.2) is 95.7 Å². The van der Waals surface area contributed by atoms with Crippen LogP contribution in [0.3, 0.4) is 0 Å². The molecular weight excluding hydrogens is 751 g/mol. The zero-order valence-electron chi connectivity index (χ0n) is 41.4. The van der Waals surface area contributed by atoms with Crippen molar-refractivity contribution in [3.05, 3.63) is 65.2 Å². The first kappa shape index (κ1) is 41.4. The third kappa shape index (κ3) is 16.3. The lowest BCUT2D eigenvalue weighted by Gasteiger charge is -2.28. The quantitative estimate of drug-likeness (QED) is 0.113. The Hall–Kier alpha value is -4.32. The summed E-state index contributed by atoms with van der Waals surface area (Å²) in [6.07, 6.45) is -4.51. The summed E-state index contributed by atoms with van der Waals surface area (Å²) in [6.45, 7) is 23.1. The molecule has 2 fully saturated rings. The largest absolute Gasteiger partial charge is 0.492 e. The van der Waals surface area contributed by atoms with Crippen LogP contribution in [0.1, 0.15) is 118 Å². The number of amides is 2. The van der Waals surface area contributed by atoms with Crippen molar-refractivity contribution < 1.29 is 48.3 Å². The Labute approximate surface area is 358 Å². The summed E-state index contributed by atoms with van der Waals surface area (Å²) in [5.41, 5.74) is -1.76. The molecule has 2 heterocycles. The minimum absolute atomic E-state index is 0.146. The molecule has 1 N–H and O–H groups in total. The molecule has 12 nitrogen and oxygen atoms in total. The van der Waals surface area contributed by atoms with E-state index in [1.807, 2.05) is 6.07 Å². The van der Waals surface area contributed by atoms with Gasteiger partial charge in [0.25, 0.3) is 0 Å². The Balaban J connectivity index is 1.43. The van der Waals surface area contributed by atoms with Gasteiger partial charge in [-0.3, -0.25) is 9.59 Å². The minimum atomic E-state index is -2.18. The second-order valence-electron chi connectivity index (χ2n) is 19.5. The Morgan fingerprint density at radius 3 is 1.53 bits per heavy atom. The summed E-state index contributed by atoms with van der Waals surface area (Å²) in [5, 5.41) is 3.31. The fraction of sp³-hybridized carbons (Fsp3) is 0.660. The van der Waals surface area contributed by atoms with Crippen LogP contribution in [0.25, 0.3) is 0 Å². The number of carbonyl (C=O) groups excluding carboxylic acids is 4. The summed E-state index contributed by atoms with van der Waals surface area (Å²) in [7, 11) is 0. The number of rotatable bonds is 14. The van der Waals surface area contributed by atoms with Crippen LogP contribution in [0, 0.1) is 23.7 Å². The molecule has 4 atom stereocenters. The molecular formula is C47H71N3O9. The van der Waals surface area contributed by atoms with Crippen LogP contribution >= 0.6 is 0 Å². The van der Waals surface area contributed by atoms with Crippen molar-refractivity contribution >= 4 is 24.1 Å². The number of esters is 2. The molecule has 2 aromatic carbocycles. The van der Waals surface area contributed by atoms with Crippen LogP contribution in [0.2, 0.25) is 0 Å². The maximum Gasteiger partial charge on any atom is 0.410 e. The molecule has 0 unspecified atom stereocenters. The van der Waals surface area contributed by atoms with Gasteiger partial charge in [-0.05, 0) is 149 Å². The lowest BCUT2D eigenvalue weighted by atomic mass is 9.85. The minimum Gasteiger partial charge on any atom is -0.492 e. The highest BCUT2D eigenvalue weighted by Crippen LogP contribution is 2.33. The molecule has 0 spiro atoms. The van der Waals surface area contributed by atoms with Gasteiger partial charge in [0.15, 0.2) is 0 Å². The van der Waals surface area contributed by atoms with Gasteiger partial charge in [0.2, 0.25) is 0 Å². The van der Waals surface area contributed by atoms with Crippen molar-refractivity contribution in [2.24, 2.45) is 23.7 Å². The normalized spacial score (nSPS) is 20.1. The van der Waals surface area contributed by atoms with E-state index in [0.717, 1.165) is 5.56 Å². The van der Waals surface area contributed by atoms with Gasteiger partial charge in [-0.2, -0.15) is 0 Å². The third-order valence-electron chi connectivity index (χ3n) is 9.30. The third-order valence-corrected chi connectivity index (χ3v) is 9.30. The van der Waals surface area contributed by atoms with E-state index in [0.29, 0.717) is 50.3 Å². The molecule has 4 rings (SSSR count). The van der Waals surface area contributed by atoms with Crippen molar-refractivity contribution in [2.45, 2.75) is 138 Å². The van der Waals surface area contributed by atoms with Gasteiger partial charge < -0.3 is 38.8 Å². The second kappa shape index (κ2) is 19.8. The first-order valence-electron chi connectivity index (χ1n) is 22.8. The van der Waals surface area contributed by atoms with Gasteiger partial charge in [-0.1, -0.05) is 36.4 Å². The standard InChI is InChI=1S/C47H71N3O9/c1-44(2,3)56-40(51)38(35-19-22-49(30-35)42(53)58-46(7,8)9)27-32-15-13-17-34(25-32)29-48-21-24-55-37-18-14-16-33(26-37)28-39(41(52)57-45(4,5)6)36-20-23-50(31-36)43(54)59-47(10,11)12/h13-18,25-26,35-36,38-39,48H,19-24,27-31H2,1-12H3/t35-,36-,38-,39-/m0/s1/i27D2,28D2. The van der Waals surface area contributed by atoms with Crippen molar-refractivity contribution in [1.29, 1.82) is 0 Å². The number of nitrogens with one attached hydrogen (secondary N) is 1. The number of hydrogen-bond acceptors (Lipinski definition) is 10. The molecule has 59 heavy (non-hydrogen) atoms. The molecule has 2 aromatic rings. The molecule has 2 aliphatic rings. The Morgan fingerprint density at radius 1 is 0.644 bits per heavy atom. The molecule has 2 amide bonds. The Kier molecular flexibility index (Phi) is 13.9. The summed E-state index contributed by atoms with van der Waals surface area (Å²) in [6, 6.07) is 13.6. The summed E-state index contributed by atoms with van der Waals surface area (Å²) >= 11 is 0. The maximum absolute atomic E-state index is 13.8. The average molecular weight is 826 g/mol.